The Kier molecular flexibility index (Phi) is 4.89. The Morgan fingerprint density at radius 2 is 2.00 bits per heavy atom. The molecule has 1 heterocycles. The molecule has 0 fully saturated rings. The number of nitriles is 1. The van der Waals surface area contributed by atoms with Gasteiger partial charge >= 0.3 is 0 Å². The first-order chi connectivity index (χ1) is 11.6. The summed E-state index contributed by atoms with van der Waals surface area (Å²) in [6.45, 7) is 5.04. The van der Waals surface area contributed by atoms with Crippen LogP contribution in [0.3, 0.4) is 0 Å². The maximum absolute atomic E-state index is 9.06. The Morgan fingerprint density at radius 3 is 2.62 bits per heavy atom. The predicted octanol–water partition coefficient (Wildman–Crippen LogP) is 6.41. The number of benzene rings is 2. The lowest BCUT2D eigenvalue weighted by atomic mass is 10.1. The predicted molar refractivity (Wildman–Crippen MR) is 103 cm³/mol. The van der Waals surface area contributed by atoms with Crippen molar-refractivity contribution in [1.29, 1.82) is 5.26 Å². The Hall–Kier alpha value is -2.28. The number of nitrogens with zero attached hydrogens (tertiary/aromatic N) is 2. The largest absolute Gasteiger partial charge is 0.341 e. The number of hydrogen-bond donors (Lipinski definition) is 0. The van der Waals surface area contributed by atoms with Crippen molar-refractivity contribution in [1.82, 2.24) is 0 Å². The Labute approximate surface area is 151 Å². The smallest absolute Gasteiger partial charge is 0.101 e. The van der Waals surface area contributed by atoms with Crippen molar-refractivity contribution in [3.63, 3.8) is 0 Å². The maximum atomic E-state index is 9.06. The van der Waals surface area contributed by atoms with Gasteiger partial charge in [-0.15, -0.1) is 11.3 Å². The minimum absolute atomic E-state index is 0.487. The molecule has 2 nitrogen and oxygen atoms in total. The van der Waals surface area contributed by atoms with E-state index >= 15 is 0 Å². The zero-order valence-electron chi connectivity index (χ0n) is 13.6. The lowest BCUT2D eigenvalue weighted by molar-refractivity contribution is 1.02. The molecule has 0 amide bonds. The van der Waals surface area contributed by atoms with E-state index in [1.165, 1.54) is 16.0 Å². The number of aryl methyl sites for hydroxylation is 1. The van der Waals surface area contributed by atoms with Crippen molar-refractivity contribution in [3.05, 3.63) is 70.1 Å². The molecule has 3 rings (SSSR count). The van der Waals surface area contributed by atoms with Crippen LogP contribution in [0, 0.1) is 18.3 Å². The monoisotopic (exact) mass is 352 g/mol. The summed E-state index contributed by atoms with van der Waals surface area (Å²) in [5.41, 5.74) is 5.07. The summed E-state index contributed by atoms with van der Waals surface area (Å²) >= 11 is 7.96. The second-order valence-electron chi connectivity index (χ2n) is 5.50. The zero-order chi connectivity index (χ0) is 17.1. The summed E-state index contributed by atoms with van der Waals surface area (Å²) < 4.78 is 0. The normalized spacial score (nSPS) is 10.4. The van der Waals surface area contributed by atoms with Crippen molar-refractivity contribution in [2.75, 3.05) is 11.4 Å². The van der Waals surface area contributed by atoms with Crippen LogP contribution in [-0.2, 0) is 0 Å². The first-order valence-corrected chi connectivity index (χ1v) is 9.01. The highest BCUT2D eigenvalue weighted by Crippen LogP contribution is 2.35. The van der Waals surface area contributed by atoms with Gasteiger partial charge < -0.3 is 4.90 Å². The zero-order valence-corrected chi connectivity index (χ0v) is 15.2. The van der Waals surface area contributed by atoms with Gasteiger partial charge in [-0.3, -0.25) is 0 Å². The minimum Gasteiger partial charge on any atom is -0.341 e. The lowest BCUT2D eigenvalue weighted by Gasteiger charge is -2.26. The third kappa shape index (κ3) is 3.17. The third-order valence-electron chi connectivity index (χ3n) is 4.01. The van der Waals surface area contributed by atoms with E-state index < -0.39 is 0 Å². The molecule has 1 aromatic heterocycles. The quantitative estimate of drug-likeness (QED) is 0.542. The summed E-state index contributed by atoms with van der Waals surface area (Å²) in [4.78, 5) is 3.48. The molecule has 0 radical (unpaired) electrons. The fourth-order valence-electron chi connectivity index (χ4n) is 2.75. The van der Waals surface area contributed by atoms with Gasteiger partial charge in [-0.05, 0) is 60.7 Å². The Morgan fingerprint density at radius 1 is 1.17 bits per heavy atom. The standard InChI is InChI=1S/C20H17ClN2S/c1-3-23(17-9-8-16(13-22)18(21)12-17)19-11-15(7-6-14(19)2)20-5-4-10-24-20/h4-12H,3H2,1-2H3. The summed E-state index contributed by atoms with van der Waals surface area (Å²) in [7, 11) is 0. The van der Waals surface area contributed by atoms with E-state index in [-0.39, 0.29) is 0 Å². The highest BCUT2D eigenvalue weighted by atomic mass is 35.5. The molecule has 0 saturated carbocycles. The van der Waals surface area contributed by atoms with Crippen molar-refractivity contribution >= 4 is 34.3 Å². The molecule has 0 N–H and O–H groups in total. The van der Waals surface area contributed by atoms with Gasteiger partial charge in [0, 0.05) is 22.8 Å². The molecular formula is C20H17ClN2S. The van der Waals surface area contributed by atoms with Crippen LogP contribution >= 0.6 is 22.9 Å². The van der Waals surface area contributed by atoms with Gasteiger partial charge in [0.25, 0.3) is 0 Å². The molecule has 0 unspecified atom stereocenters. The van der Waals surface area contributed by atoms with Gasteiger partial charge in [0.05, 0.1) is 10.6 Å². The van der Waals surface area contributed by atoms with Crippen LogP contribution in [-0.4, -0.2) is 6.54 Å². The van der Waals surface area contributed by atoms with E-state index in [1.807, 2.05) is 12.1 Å². The summed E-state index contributed by atoms with van der Waals surface area (Å²) in [5.74, 6) is 0. The van der Waals surface area contributed by atoms with Gasteiger partial charge in [-0.1, -0.05) is 29.8 Å². The van der Waals surface area contributed by atoms with E-state index in [4.69, 9.17) is 16.9 Å². The molecule has 3 aromatic rings. The molecule has 0 aliphatic rings. The van der Waals surface area contributed by atoms with Crippen molar-refractivity contribution in [3.8, 4) is 16.5 Å². The Bertz CT molecular complexity index is 894. The third-order valence-corrected chi connectivity index (χ3v) is 5.24. The van der Waals surface area contributed by atoms with Gasteiger partial charge in [0.15, 0.2) is 0 Å². The second-order valence-corrected chi connectivity index (χ2v) is 6.85. The molecule has 0 saturated heterocycles. The van der Waals surface area contributed by atoms with Gasteiger partial charge in [0.1, 0.15) is 6.07 Å². The summed E-state index contributed by atoms with van der Waals surface area (Å²) in [6, 6.07) is 18.4. The van der Waals surface area contributed by atoms with Crippen molar-refractivity contribution in [2.45, 2.75) is 13.8 Å². The van der Waals surface area contributed by atoms with Crippen molar-refractivity contribution in [2.24, 2.45) is 0 Å². The average Bonchev–Trinajstić information content (AvgIpc) is 3.12. The maximum Gasteiger partial charge on any atom is 0.101 e. The molecule has 24 heavy (non-hydrogen) atoms. The fraction of sp³-hybridized carbons (Fsp3) is 0.150. The van der Waals surface area contributed by atoms with Crippen LogP contribution in [0.15, 0.2) is 53.9 Å². The number of thiophene rings is 1. The van der Waals surface area contributed by atoms with E-state index in [9.17, 15) is 0 Å². The van der Waals surface area contributed by atoms with E-state index in [2.05, 4.69) is 60.5 Å². The molecule has 120 valence electrons. The SMILES string of the molecule is CCN(c1ccc(C#N)c(Cl)c1)c1cc(-c2cccs2)ccc1C. The molecule has 0 bridgehead atoms. The lowest BCUT2D eigenvalue weighted by Crippen LogP contribution is -2.17. The fourth-order valence-corrected chi connectivity index (χ4v) is 3.69. The van der Waals surface area contributed by atoms with Crippen molar-refractivity contribution < 1.29 is 0 Å². The molecule has 0 spiro atoms. The van der Waals surface area contributed by atoms with Gasteiger partial charge in [0.2, 0.25) is 0 Å². The number of hydrogen-bond acceptors (Lipinski definition) is 3. The molecule has 0 aliphatic carbocycles. The van der Waals surface area contributed by atoms with Gasteiger partial charge in [-0.2, -0.15) is 5.26 Å². The first-order valence-electron chi connectivity index (χ1n) is 7.75. The molecule has 4 heteroatoms. The van der Waals surface area contributed by atoms with E-state index in [0.717, 1.165) is 17.9 Å². The van der Waals surface area contributed by atoms with Gasteiger partial charge in [-0.25, -0.2) is 0 Å². The van der Waals surface area contributed by atoms with Crippen LogP contribution in [0.4, 0.5) is 11.4 Å². The van der Waals surface area contributed by atoms with E-state index in [1.54, 1.807) is 17.4 Å². The average molecular weight is 353 g/mol. The number of halogens is 1. The molecule has 0 atom stereocenters. The van der Waals surface area contributed by atoms with Crippen LogP contribution in [0.25, 0.3) is 10.4 Å². The second kappa shape index (κ2) is 7.09. The summed E-state index contributed by atoms with van der Waals surface area (Å²) in [6.07, 6.45) is 0. The summed E-state index contributed by atoms with van der Waals surface area (Å²) in [5, 5.41) is 11.6. The van der Waals surface area contributed by atoms with Crippen LogP contribution in [0.1, 0.15) is 18.1 Å². The first kappa shape index (κ1) is 16.6. The van der Waals surface area contributed by atoms with Crippen LogP contribution in [0.5, 0.6) is 0 Å². The molecule has 0 aliphatic heterocycles. The van der Waals surface area contributed by atoms with Crippen LogP contribution in [0.2, 0.25) is 5.02 Å². The Balaban J connectivity index is 2.06. The van der Waals surface area contributed by atoms with Crippen LogP contribution < -0.4 is 4.90 Å². The van der Waals surface area contributed by atoms with E-state index in [0.29, 0.717) is 10.6 Å². The molecule has 2 aromatic carbocycles. The highest BCUT2D eigenvalue weighted by Gasteiger charge is 2.13. The number of rotatable bonds is 4. The highest BCUT2D eigenvalue weighted by molar-refractivity contribution is 7.13. The molecular weight excluding hydrogens is 336 g/mol. The topological polar surface area (TPSA) is 27.0 Å². The number of anilines is 2. The minimum atomic E-state index is 0.487.